The maximum Gasteiger partial charge on any atom is 0.254 e. The van der Waals surface area contributed by atoms with Crippen molar-refractivity contribution in [1.29, 1.82) is 0 Å². The maximum absolute atomic E-state index is 13.5. The van der Waals surface area contributed by atoms with Crippen LogP contribution in [0.5, 0.6) is 0 Å². The number of aryl methyl sites for hydroxylation is 2. The number of anilines is 1. The number of rotatable bonds is 10. The molecule has 1 atom stereocenters. The molecule has 2 heterocycles. The van der Waals surface area contributed by atoms with Gasteiger partial charge in [0.2, 0.25) is 0 Å². The molecule has 0 spiro atoms. The Morgan fingerprint density at radius 1 is 1.06 bits per heavy atom. The van der Waals surface area contributed by atoms with Gasteiger partial charge in [0.15, 0.2) is 5.78 Å². The van der Waals surface area contributed by atoms with Gasteiger partial charge in [-0.05, 0) is 75.0 Å². The molecule has 2 aromatic rings. The quantitative estimate of drug-likeness (QED) is 0.381. The molecule has 0 bridgehead atoms. The van der Waals surface area contributed by atoms with E-state index in [0.717, 1.165) is 78.4 Å². The second-order valence-electron chi connectivity index (χ2n) is 11.2. The summed E-state index contributed by atoms with van der Waals surface area (Å²) in [4.78, 5) is 47.6. The molecule has 5 nitrogen and oxygen atoms in total. The number of aliphatic imine (C=N–C) groups is 1. The lowest BCUT2D eigenvalue weighted by Crippen LogP contribution is -2.34. The van der Waals surface area contributed by atoms with Crippen molar-refractivity contribution >= 4 is 40.3 Å². The molecule has 188 valence electrons. The summed E-state index contributed by atoms with van der Waals surface area (Å²) < 4.78 is 0. The Morgan fingerprint density at radius 2 is 1.83 bits per heavy atom. The van der Waals surface area contributed by atoms with Crippen LogP contribution >= 0.6 is 11.3 Å². The Balaban J connectivity index is 1.22. The molecule has 1 amide bonds. The van der Waals surface area contributed by atoms with Gasteiger partial charge in [0, 0.05) is 40.5 Å². The van der Waals surface area contributed by atoms with Gasteiger partial charge in [0.05, 0.1) is 5.69 Å². The van der Waals surface area contributed by atoms with E-state index in [4.69, 9.17) is 0 Å². The molecule has 1 aromatic carbocycles. The van der Waals surface area contributed by atoms with E-state index in [-0.39, 0.29) is 24.2 Å². The van der Waals surface area contributed by atoms with Gasteiger partial charge in [-0.25, -0.2) is 0 Å². The minimum Gasteiger partial charge on any atom is -0.299 e. The highest BCUT2D eigenvalue weighted by Crippen LogP contribution is 2.41. The Bertz CT molecular complexity index is 1230. The van der Waals surface area contributed by atoms with Gasteiger partial charge in [-0.3, -0.25) is 24.3 Å². The van der Waals surface area contributed by atoms with E-state index < -0.39 is 0 Å². The monoisotopic (exact) mass is 502 g/mol. The zero-order valence-electron chi connectivity index (χ0n) is 21.1. The minimum absolute atomic E-state index is 0.0257. The van der Waals surface area contributed by atoms with Crippen LogP contribution in [0.3, 0.4) is 0 Å². The van der Waals surface area contributed by atoms with Crippen molar-refractivity contribution in [2.75, 3.05) is 11.4 Å². The van der Waals surface area contributed by atoms with Gasteiger partial charge in [0.25, 0.3) is 5.91 Å². The van der Waals surface area contributed by atoms with Crippen LogP contribution < -0.4 is 4.90 Å². The molecule has 2 fully saturated rings. The van der Waals surface area contributed by atoms with Gasteiger partial charge < -0.3 is 0 Å². The zero-order chi connectivity index (χ0) is 24.8. The molecule has 1 unspecified atom stereocenters. The topological polar surface area (TPSA) is 66.8 Å². The summed E-state index contributed by atoms with van der Waals surface area (Å²) in [5.74, 6) is 2.71. The third-order valence-corrected chi connectivity index (χ3v) is 9.52. The van der Waals surface area contributed by atoms with E-state index in [1.807, 2.05) is 31.2 Å². The number of Topliss-reactive ketones (excluding diaryl/α,β-unsaturated/α-hetero) is 2. The number of amidine groups is 1. The fourth-order valence-electron chi connectivity index (χ4n) is 5.76. The van der Waals surface area contributed by atoms with Crippen molar-refractivity contribution in [3.63, 3.8) is 0 Å². The second kappa shape index (κ2) is 9.70. The predicted molar refractivity (Wildman–Crippen MR) is 143 cm³/mol. The van der Waals surface area contributed by atoms with Crippen LogP contribution in [0.1, 0.15) is 82.6 Å². The van der Waals surface area contributed by atoms with Crippen molar-refractivity contribution in [3.8, 4) is 0 Å². The zero-order valence-corrected chi connectivity index (χ0v) is 21.9. The lowest BCUT2D eigenvalue weighted by Gasteiger charge is -2.26. The third-order valence-electron chi connectivity index (χ3n) is 8.23. The number of carbonyl (C=O) groups excluding carboxylic acids is 3. The van der Waals surface area contributed by atoms with Crippen molar-refractivity contribution in [2.45, 2.75) is 77.6 Å². The Morgan fingerprint density at radius 3 is 2.56 bits per heavy atom. The van der Waals surface area contributed by atoms with Crippen LogP contribution in [0.15, 0.2) is 29.3 Å². The molecule has 0 radical (unpaired) electrons. The number of benzene rings is 1. The molecule has 1 aromatic heterocycles. The molecule has 2 saturated carbocycles. The van der Waals surface area contributed by atoms with E-state index in [2.05, 4.69) is 4.99 Å². The summed E-state index contributed by atoms with van der Waals surface area (Å²) in [6, 6.07) is 8.04. The normalized spacial score (nSPS) is 21.5. The van der Waals surface area contributed by atoms with Crippen molar-refractivity contribution in [2.24, 2.45) is 22.7 Å². The van der Waals surface area contributed by atoms with Crippen LogP contribution in [0.2, 0.25) is 0 Å². The van der Waals surface area contributed by atoms with Gasteiger partial charge in [-0.15, -0.1) is 11.3 Å². The molecular weight excluding hydrogens is 468 g/mol. The largest absolute Gasteiger partial charge is 0.299 e. The second-order valence-corrected chi connectivity index (χ2v) is 12.4. The number of carbonyl (C=O) groups is 3. The Labute approximate surface area is 217 Å². The van der Waals surface area contributed by atoms with Crippen molar-refractivity contribution in [1.82, 2.24) is 0 Å². The summed E-state index contributed by atoms with van der Waals surface area (Å²) in [6.07, 6.45) is 10.1. The number of fused-ring (bicyclic) bond motifs is 1. The average Bonchev–Trinajstić information content (AvgIpc) is 3.79. The molecular formula is C30H34N2O3S. The van der Waals surface area contributed by atoms with E-state index in [9.17, 15) is 14.4 Å². The average molecular weight is 503 g/mol. The molecule has 6 rings (SSSR count). The number of hydrogen-bond acceptors (Lipinski definition) is 5. The lowest BCUT2D eigenvalue weighted by molar-refractivity contribution is -0.119. The van der Waals surface area contributed by atoms with E-state index in [1.165, 1.54) is 23.3 Å². The van der Waals surface area contributed by atoms with Gasteiger partial charge >= 0.3 is 0 Å². The highest BCUT2D eigenvalue weighted by atomic mass is 32.1. The summed E-state index contributed by atoms with van der Waals surface area (Å²) in [5, 5.41) is 0. The molecule has 3 aliphatic carbocycles. The Hall–Kier alpha value is -2.60. The Kier molecular flexibility index (Phi) is 6.40. The standard InChI is InChI=1S/C30H34N2O3S/c1-18-2-10-22(11-3-18)32-28(31-17-29(32)35)15-20-7-13-26-23(14-20)30(24(33)12-6-19-4-5-19)27(36-26)16-25(34)21-8-9-21/h2-3,10-11,19-21H,4-9,12-17H2,1H3. The fourth-order valence-corrected chi connectivity index (χ4v) is 7.13. The predicted octanol–water partition coefficient (Wildman–Crippen LogP) is 5.89. The third kappa shape index (κ3) is 4.97. The van der Waals surface area contributed by atoms with E-state index >= 15 is 0 Å². The first-order chi connectivity index (χ1) is 17.5. The van der Waals surface area contributed by atoms with Crippen LogP contribution in [0.25, 0.3) is 0 Å². The maximum atomic E-state index is 13.5. The lowest BCUT2D eigenvalue weighted by atomic mass is 9.82. The van der Waals surface area contributed by atoms with E-state index in [0.29, 0.717) is 24.5 Å². The molecule has 0 saturated heterocycles. The minimum atomic E-state index is 0.0257. The highest BCUT2D eigenvalue weighted by molar-refractivity contribution is 7.12. The molecule has 1 aliphatic heterocycles. The summed E-state index contributed by atoms with van der Waals surface area (Å²) >= 11 is 1.72. The molecule has 0 N–H and O–H groups in total. The van der Waals surface area contributed by atoms with Crippen LogP contribution in [0.4, 0.5) is 5.69 Å². The smallest absolute Gasteiger partial charge is 0.254 e. The van der Waals surface area contributed by atoms with Crippen molar-refractivity contribution < 1.29 is 14.4 Å². The van der Waals surface area contributed by atoms with Crippen molar-refractivity contribution in [3.05, 3.63) is 50.7 Å². The number of nitrogens with zero attached hydrogens (tertiary/aromatic N) is 2. The molecule has 36 heavy (non-hydrogen) atoms. The number of hydrogen-bond donors (Lipinski definition) is 0. The first-order valence-electron chi connectivity index (χ1n) is 13.6. The SMILES string of the molecule is Cc1ccc(N2C(=O)CN=C2CC2CCc3sc(CC(=O)C4CC4)c(C(=O)CCC4CC4)c3C2)cc1. The number of ketones is 2. The number of amides is 1. The first-order valence-corrected chi connectivity index (χ1v) is 14.4. The summed E-state index contributed by atoms with van der Waals surface area (Å²) in [5.41, 5.74) is 4.12. The molecule has 6 heteroatoms. The first kappa shape index (κ1) is 23.8. The molecule has 4 aliphatic rings. The fraction of sp³-hybridized carbons (Fsp3) is 0.533. The van der Waals surface area contributed by atoms with E-state index in [1.54, 1.807) is 16.2 Å². The van der Waals surface area contributed by atoms with Crippen LogP contribution in [-0.4, -0.2) is 29.9 Å². The summed E-state index contributed by atoms with van der Waals surface area (Å²) in [7, 11) is 0. The van der Waals surface area contributed by atoms with Crippen LogP contribution in [-0.2, 0) is 28.9 Å². The number of thiophene rings is 1. The summed E-state index contributed by atoms with van der Waals surface area (Å²) in [6.45, 7) is 2.25. The van der Waals surface area contributed by atoms with Gasteiger partial charge in [-0.1, -0.05) is 30.5 Å². The van der Waals surface area contributed by atoms with Gasteiger partial charge in [0.1, 0.15) is 18.2 Å². The van der Waals surface area contributed by atoms with Crippen LogP contribution in [0, 0.1) is 24.7 Å². The van der Waals surface area contributed by atoms with Gasteiger partial charge in [-0.2, -0.15) is 0 Å². The highest BCUT2D eigenvalue weighted by Gasteiger charge is 2.36.